The first-order valence-corrected chi connectivity index (χ1v) is 9.21. The number of primary amides is 1. The molecule has 130 valence electrons. The zero-order valence-electron chi connectivity index (χ0n) is 14.1. The van der Waals surface area contributed by atoms with Crippen LogP contribution in [0, 0.1) is 0 Å². The van der Waals surface area contributed by atoms with Crippen LogP contribution in [0.1, 0.15) is 29.3 Å². The average Bonchev–Trinajstić information content (AvgIpc) is 3.10. The Kier molecular flexibility index (Phi) is 5.31. The van der Waals surface area contributed by atoms with E-state index < -0.39 is 5.91 Å². The molecule has 4 N–H and O–H groups in total. The number of hydrogen-bond acceptors (Lipinski definition) is 3. The predicted molar refractivity (Wildman–Crippen MR) is 101 cm³/mol. The van der Waals surface area contributed by atoms with Gasteiger partial charge in [0.05, 0.1) is 18.7 Å². The number of carbonyl (C=O) groups excluding carboxylic acids is 2. The van der Waals surface area contributed by atoms with E-state index in [0.717, 1.165) is 19.5 Å². The molecule has 0 fully saturated rings. The highest BCUT2D eigenvalue weighted by Crippen LogP contribution is 2.23. The van der Waals surface area contributed by atoms with E-state index in [1.807, 2.05) is 25.1 Å². The number of thiophene rings is 1. The lowest BCUT2D eigenvalue weighted by molar-refractivity contribution is -0.909. The Morgan fingerprint density at radius 2 is 2.00 bits per heavy atom. The monoisotopic (exact) mass is 356 g/mol. The number of nitrogens with two attached hydrogens (primary N) is 1. The number of amides is 2. The molecule has 1 aromatic carbocycles. The van der Waals surface area contributed by atoms with Crippen LogP contribution in [0.25, 0.3) is 5.57 Å². The van der Waals surface area contributed by atoms with Crippen molar-refractivity contribution in [3.8, 4) is 0 Å². The van der Waals surface area contributed by atoms with Crippen molar-refractivity contribution in [3.05, 3.63) is 59.0 Å². The Morgan fingerprint density at radius 3 is 2.64 bits per heavy atom. The molecule has 25 heavy (non-hydrogen) atoms. The molecular weight excluding hydrogens is 334 g/mol. The van der Waals surface area contributed by atoms with Crippen molar-refractivity contribution in [1.82, 2.24) is 0 Å². The lowest BCUT2D eigenvalue weighted by Crippen LogP contribution is -3.17. The fourth-order valence-corrected chi connectivity index (χ4v) is 3.86. The van der Waals surface area contributed by atoms with E-state index in [9.17, 15) is 9.59 Å². The first-order valence-electron chi connectivity index (χ1n) is 8.33. The maximum Gasteiger partial charge on any atom is 0.283 e. The number of hydrogen-bond donors (Lipinski definition) is 3. The standard InChI is InChI=1S/C19H21N3O2S/c1-13(18(24)21-19-16(17(20)23)9-12-25-19)22-10-7-15(8-11-22)14-5-3-2-4-6-14/h2-7,9,12-13H,8,10-11H2,1H3,(H2,20,23)(H,21,24)/p+1/t13-/m1/s1. The van der Waals surface area contributed by atoms with Crippen molar-refractivity contribution < 1.29 is 14.5 Å². The number of rotatable bonds is 5. The fourth-order valence-electron chi connectivity index (χ4n) is 3.07. The van der Waals surface area contributed by atoms with Gasteiger partial charge < -0.3 is 16.0 Å². The first-order chi connectivity index (χ1) is 12.1. The molecule has 1 aliphatic heterocycles. The molecule has 0 spiro atoms. The van der Waals surface area contributed by atoms with Gasteiger partial charge in [0.25, 0.3) is 11.8 Å². The molecule has 2 amide bonds. The Bertz CT molecular complexity index is 798. The molecule has 0 saturated carbocycles. The van der Waals surface area contributed by atoms with E-state index in [-0.39, 0.29) is 11.9 Å². The maximum absolute atomic E-state index is 12.5. The lowest BCUT2D eigenvalue weighted by atomic mass is 9.99. The van der Waals surface area contributed by atoms with Crippen molar-refractivity contribution in [3.63, 3.8) is 0 Å². The number of carbonyl (C=O) groups is 2. The molecule has 1 aromatic heterocycles. The molecule has 3 rings (SSSR count). The Labute approximate surface area is 151 Å². The summed E-state index contributed by atoms with van der Waals surface area (Å²) < 4.78 is 0. The molecule has 2 aromatic rings. The van der Waals surface area contributed by atoms with Gasteiger partial charge >= 0.3 is 0 Å². The van der Waals surface area contributed by atoms with Gasteiger partial charge in [-0.1, -0.05) is 30.3 Å². The predicted octanol–water partition coefficient (Wildman–Crippen LogP) is 1.55. The van der Waals surface area contributed by atoms with Gasteiger partial charge in [-0.2, -0.15) is 0 Å². The molecule has 0 saturated heterocycles. The van der Waals surface area contributed by atoms with Crippen LogP contribution >= 0.6 is 11.3 Å². The van der Waals surface area contributed by atoms with E-state index >= 15 is 0 Å². The van der Waals surface area contributed by atoms with Crippen molar-refractivity contribution in [2.24, 2.45) is 5.73 Å². The minimum Gasteiger partial charge on any atom is -0.366 e. The second-order valence-electron chi connectivity index (χ2n) is 6.20. The fraction of sp³-hybridized carbons (Fsp3) is 0.263. The molecule has 0 bridgehead atoms. The van der Waals surface area contributed by atoms with E-state index in [1.54, 1.807) is 11.4 Å². The highest BCUT2D eigenvalue weighted by Gasteiger charge is 2.28. The van der Waals surface area contributed by atoms with Crippen LogP contribution in [0.2, 0.25) is 0 Å². The zero-order chi connectivity index (χ0) is 17.8. The molecule has 2 atom stereocenters. The second-order valence-corrected chi connectivity index (χ2v) is 7.11. The molecule has 5 nitrogen and oxygen atoms in total. The van der Waals surface area contributed by atoms with Crippen molar-refractivity contribution in [2.75, 3.05) is 18.4 Å². The quantitative estimate of drug-likeness (QED) is 0.760. The van der Waals surface area contributed by atoms with Crippen LogP contribution in [0.15, 0.2) is 47.9 Å². The largest absolute Gasteiger partial charge is 0.366 e. The van der Waals surface area contributed by atoms with Gasteiger partial charge in [-0.25, -0.2) is 0 Å². The van der Waals surface area contributed by atoms with Crippen LogP contribution in [-0.2, 0) is 4.79 Å². The van der Waals surface area contributed by atoms with Gasteiger partial charge in [-0.05, 0) is 35.6 Å². The normalized spacial score (nSPS) is 18.3. The third kappa shape index (κ3) is 3.97. The van der Waals surface area contributed by atoms with Crippen LogP contribution in [-0.4, -0.2) is 30.9 Å². The highest BCUT2D eigenvalue weighted by molar-refractivity contribution is 7.14. The van der Waals surface area contributed by atoms with Crippen LogP contribution < -0.4 is 16.0 Å². The molecule has 1 unspecified atom stereocenters. The Balaban J connectivity index is 1.63. The summed E-state index contributed by atoms with van der Waals surface area (Å²) >= 11 is 1.31. The molecular formula is C19H22N3O2S+. The maximum atomic E-state index is 12.5. The van der Waals surface area contributed by atoms with Gasteiger partial charge in [0, 0.05) is 6.42 Å². The summed E-state index contributed by atoms with van der Waals surface area (Å²) in [6.07, 6.45) is 3.17. The van der Waals surface area contributed by atoms with Gasteiger partial charge in [0.2, 0.25) is 0 Å². The van der Waals surface area contributed by atoms with Gasteiger partial charge in [0.15, 0.2) is 6.04 Å². The average molecular weight is 356 g/mol. The van der Waals surface area contributed by atoms with Gasteiger partial charge in [-0.3, -0.25) is 9.59 Å². The molecule has 6 heteroatoms. The summed E-state index contributed by atoms with van der Waals surface area (Å²) in [6.45, 7) is 3.64. The SMILES string of the molecule is C[C@H](C(=O)Nc1sccc1C(N)=O)[NH+]1CC=C(c2ccccc2)CC1. The molecule has 1 aliphatic rings. The van der Waals surface area contributed by atoms with E-state index in [4.69, 9.17) is 5.73 Å². The summed E-state index contributed by atoms with van der Waals surface area (Å²) in [4.78, 5) is 25.1. The lowest BCUT2D eigenvalue weighted by Gasteiger charge is -2.28. The summed E-state index contributed by atoms with van der Waals surface area (Å²) in [5, 5.41) is 5.13. The number of anilines is 1. The number of benzene rings is 1. The summed E-state index contributed by atoms with van der Waals surface area (Å²) in [5.74, 6) is -0.610. The topological polar surface area (TPSA) is 76.6 Å². The minimum atomic E-state index is -0.523. The number of quaternary nitrogens is 1. The third-order valence-electron chi connectivity index (χ3n) is 4.64. The molecule has 2 heterocycles. The first kappa shape index (κ1) is 17.4. The van der Waals surface area contributed by atoms with Crippen molar-refractivity contribution in [1.29, 1.82) is 0 Å². The minimum absolute atomic E-state index is 0.0866. The van der Waals surface area contributed by atoms with Gasteiger partial charge in [-0.15, -0.1) is 11.3 Å². The Hall–Kier alpha value is -2.44. The van der Waals surface area contributed by atoms with E-state index in [2.05, 4.69) is 23.5 Å². The second kappa shape index (κ2) is 7.63. The van der Waals surface area contributed by atoms with Gasteiger partial charge in [0.1, 0.15) is 5.00 Å². The van der Waals surface area contributed by atoms with Crippen molar-refractivity contribution in [2.45, 2.75) is 19.4 Å². The Morgan fingerprint density at radius 1 is 1.24 bits per heavy atom. The molecule has 0 radical (unpaired) electrons. The number of nitrogens with one attached hydrogen (secondary N) is 2. The van der Waals surface area contributed by atoms with Crippen LogP contribution in [0.3, 0.4) is 0 Å². The van der Waals surface area contributed by atoms with E-state index in [0.29, 0.717) is 10.6 Å². The van der Waals surface area contributed by atoms with Crippen LogP contribution in [0.4, 0.5) is 5.00 Å². The van der Waals surface area contributed by atoms with Crippen LogP contribution in [0.5, 0.6) is 0 Å². The van der Waals surface area contributed by atoms with E-state index in [1.165, 1.54) is 27.4 Å². The zero-order valence-corrected chi connectivity index (χ0v) is 14.9. The molecule has 0 aliphatic carbocycles. The summed E-state index contributed by atoms with van der Waals surface area (Å²) in [6, 6.07) is 11.8. The smallest absolute Gasteiger partial charge is 0.283 e. The highest BCUT2D eigenvalue weighted by atomic mass is 32.1. The summed E-state index contributed by atoms with van der Waals surface area (Å²) in [7, 11) is 0. The third-order valence-corrected chi connectivity index (χ3v) is 5.47. The summed E-state index contributed by atoms with van der Waals surface area (Å²) in [5.41, 5.74) is 8.29. The van der Waals surface area contributed by atoms with Crippen molar-refractivity contribution >= 4 is 33.7 Å².